The quantitative estimate of drug-likeness (QED) is 0.267. The maximum absolute atomic E-state index is 12.3. The molecule has 0 aliphatic heterocycles. The van der Waals surface area contributed by atoms with Crippen LogP contribution < -0.4 is 5.32 Å². The number of carbonyl (C=O) groups is 2. The summed E-state index contributed by atoms with van der Waals surface area (Å²) in [6.45, 7) is 3.81. The number of carbonyl (C=O) groups excluding carboxylic acids is 2. The fourth-order valence-corrected chi connectivity index (χ4v) is 4.97. The molecular weight excluding hydrogens is 450 g/mol. The zero-order chi connectivity index (χ0) is 22.2. The molecule has 3 rings (SSSR count). The molecular formula is C22H23N3O3S3. The highest BCUT2D eigenvalue weighted by Gasteiger charge is 2.11. The van der Waals surface area contributed by atoms with E-state index in [0.717, 1.165) is 15.8 Å². The molecule has 0 aliphatic carbocycles. The van der Waals surface area contributed by atoms with Crippen molar-refractivity contribution >= 4 is 47.2 Å². The molecule has 0 fully saturated rings. The molecule has 9 heteroatoms. The van der Waals surface area contributed by atoms with E-state index in [0.29, 0.717) is 9.52 Å². The van der Waals surface area contributed by atoms with Gasteiger partial charge in [-0.15, -0.1) is 5.10 Å². The van der Waals surface area contributed by atoms with Crippen LogP contribution in [0.5, 0.6) is 0 Å². The number of ether oxygens (including phenoxy) is 1. The van der Waals surface area contributed by atoms with Crippen molar-refractivity contribution in [3.05, 3.63) is 69.7 Å². The molecule has 0 saturated carbocycles. The molecule has 0 spiro atoms. The van der Waals surface area contributed by atoms with Crippen LogP contribution >= 0.6 is 35.3 Å². The summed E-state index contributed by atoms with van der Waals surface area (Å²) in [5.41, 5.74) is 2.53. The zero-order valence-corrected chi connectivity index (χ0v) is 19.7. The van der Waals surface area contributed by atoms with Crippen LogP contribution in [-0.4, -0.2) is 34.3 Å². The Morgan fingerprint density at radius 1 is 1.16 bits per heavy atom. The molecule has 162 valence electrons. The van der Waals surface area contributed by atoms with Crippen LogP contribution in [0.15, 0.2) is 58.9 Å². The molecule has 0 radical (unpaired) electrons. The lowest BCUT2D eigenvalue weighted by atomic mass is 10.2. The molecule has 0 bridgehead atoms. The highest BCUT2D eigenvalue weighted by atomic mass is 32.2. The van der Waals surface area contributed by atoms with Crippen molar-refractivity contribution in [3.63, 3.8) is 0 Å². The molecule has 0 saturated heterocycles. The second kappa shape index (κ2) is 11.2. The van der Waals surface area contributed by atoms with Crippen LogP contribution in [0.2, 0.25) is 0 Å². The Bertz CT molecular complexity index is 1080. The number of hydrogen-bond acceptors (Lipinski definition) is 7. The third-order valence-corrected chi connectivity index (χ3v) is 6.53. The predicted molar refractivity (Wildman–Crippen MR) is 126 cm³/mol. The van der Waals surface area contributed by atoms with Crippen molar-refractivity contribution in [1.82, 2.24) is 15.1 Å². The maximum atomic E-state index is 12.3. The molecule has 6 nitrogen and oxygen atoms in total. The van der Waals surface area contributed by atoms with Crippen molar-refractivity contribution in [2.24, 2.45) is 0 Å². The van der Waals surface area contributed by atoms with E-state index in [9.17, 15) is 9.59 Å². The second-order valence-electron chi connectivity index (χ2n) is 6.91. The minimum Gasteiger partial charge on any atom is -0.463 e. The number of thioether (sulfide) groups is 1. The van der Waals surface area contributed by atoms with Gasteiger partial charge in [-0.05, 0) is 55.9 Å². The Labute approximate surface area is 194 Å². The number of esters is 1. The van der Waals surface area contributed by atoms with Crippen LogP contribution in [0.25, 0.3) is 5.69 Å². The van der Waals surface area contributed by atoms with Gasteiger partial charge in [0.25, 0.3) is 5.91 Å². The number of aromatic nitrogens is 2. The topological polar surface area (TPSA) is 73.2 Å². The molecule has 1 N–H and O–H groups in total. The van der Waals surface area contributed by atoms with Gasteiger partial charge in [-0.3, -0.25) is 9.59 Å². The van der Waals surface area contributed by atoms with Crippen molar-refractivity contribution in [2.45, 2.75) is 36.5 Å². The van der Waals surface area contributed by atoms with E-state index in [4.69, 9.17) is 17.0 Å². The lowest BCUT2D eigenvalue weighted by molar-refractivity contribution is -0.147. The first-order valence-electron chi connectivity index (χ1n) is 9.77. The fourth-order valence-electron chi connectivity index (χ4n) is 2.66. The second-order valence-corrected chi connectivity index (χ2v) is 9.76. The third kappa shape index (κ3) is 7.02. The summed E-state index contributed by atoms with van der Waals surface area (Å²) in [7, 11) is 0. The molecule has 1 heterocycles. The van der Waals surface area contributed by atoms with Gasteiger partial charge >= 0.3 is 5.97 Å². The summed E-state index contributed by atoms with van der Waals surface area (Å²) in [5.74, 6) is 0.252. The van der Waals surface area contributed by atoms with E-state index < -0.39 is 0 Å². The summed E-state index contributed by atoms with van der Waals surface area (Å²) < 4.78 is 8.29. The lowest BCUT2D eigenvalue weighted by Crippen LogP contribution is -2.27. The first-order chi connectivity index (χ1) is 14.9. The van der Waals surface area contributed by atoms with E-state index in [1.807, 2.05) is 30.3 Å². The average molecular weight is 474 g/mol. The average Bonchev–Trinajstić information content (AvgIpc) is 3.13. The minimum absolute atomic E-state index is 0.138. The summed E-state index contributed by atoms with van der Waals surface area (Å²) in [5, 5.41) is 7.33. The molecule has 1 aromatic heterocycles. The smallest absolute Gasteiger partial charge is 0.307 e. The normalized spacial score (nSPS) is 10.8. The summed E-state index contributed by atoms with van der Waals surface area (Å²) in [6.07, 6.45) is -0.0233. The molecule has 2 aromatic carbocycles. The predicted octanol–water partition coefficient (Wildman–Crippen LogP) is 5.03. The highest BCUT2D eigenvalue weighted by molar-refractivity contribution is 8.00. The summed E-state index contributed by atoms with van der Waals surface area (Å²) in [6, 6.07) is 17.3. The number of amides is 1. The molecule has 0 aliphatic rings. The lowest BCUT2D eigenvalue weighted by Gasteiger charge is -2.09. The molecule has 1 amide bonds. The third-order valence-electron chi connectivity index (χ3n) is 4.09. The maximum Gasteiger partial charge on any atom is 0.307 e. The number of nitrogens with zero attached hydrogens (tertiary/aromatic N) is 2. The summed E-state index contributed by atoms with van der Waals surface area (Å²) >= 11 is 8.57. The molecule has 31 heavy (non-hydrogen) atoms. The van der Waals surface area contributed by atoms with Crippen LogP contribution in [-0.2, 0) is 15.3 Å². The van der Waals surface area contributed by atoms with E-state index in [1.54, 1.807) is 42.4 Å². The number of nitrogens with one attached hydrogen (secondary N) is 1. The number of hydrogen-bond donors (Lipinski definition) is 1. The van der Waals surface area contributed by atoms with Crippen LogP contribution in [0.1, 0.15) is 36.2 Å². The van der Waals surface area contributed by atoms with E-state index in [-0.39, 0.29) is 30.9 Å². The SMILES string of the molecule is CC(C)OC(=O)CCNC(=O)c1ccc(-n2nc(SCc3ccccc3)sc2=S)cc1. The Morgan fingerprint density at radius 2 is 1.87 bits per heavy atom. The van der Waals surface area contributed by atoms with Gasteiger partial charge in [-0.1, -0.05) is 53.4 Å². The van der Waals surface area contributed by atoms with E-state index in [2.05, 4.69) is 22.5 Å². The van der Waals surface area contributed by atoms with Crippen LogP contribution in [0, 0.1) is 3.95 Å². The highest BCUT2D eigenvalue weighted by Crippen LogP contribution is 2.27. The Balaban J connectivity index is 1.57. The van der Waals surface area contributed by atoms with Gasteiger partial charge in [0, 0.05) is 17.9 Å². The minimum atomic E-state index is -0.329. The molecule has 3 aromatic rings. The Hall–Kier alpha value is -2.49. The van der Waals surface area contributed by atoms with Crippen molar-refractivity contribution in [2.75, 3.05) is 6.54 Å². The van der Waals surface area contributed by atoms with E-state index >= 15 is 0 Å². The van der Waals surface area contributed by atoms with Crippen LogP contribution in [0.3, 0.4) is 0 Å². The standard InChI is InChI=1S/C22H23N3O3S3/c1-15(2)28-19(26)12-13-23-20(27)17-8-10-18(11-9-17)25-22(29)31-21(24-25)30-14-16-6-4-3-5-7-16/h3-11,15H,12-14H2,1-2H3,(H,23,27). The largest absolute Gasteiger partial charge is 0.463 e. The fraction of sp³-hybridized carbons (Fsp3) is 0.273. The van der Waals surface area contributed by atoms with Gasteiger partial charge < -0.3 is 10.1 Å². The van der Waals surface area contributed by atoms with E-state index in [1.165, 1.54) is 16.9 Å². The van der Waals surface area contributed by atoms with Gasteiger partial charge in [0.05, 0.1) is 18.2 Å². The Kier molecular flexibility index (Phi) is 8.39. The van der Waals surface area contributed by atoms with Crippen molar-refractivity contribution in [3.8, 4) is 5.69 Å². The zero-order valence-electron chi connectivity index (χ0n) is 17.2. The number of rotatable bonds is 9. The molecule has 0 unspecified atom stereocenters. The van der Waals surface area contributed by atoms with Gasteiger partial charge in [-0.2, -0.15) is 0 Å². The van der Waals surface area contributed by atoms with Crippen molar-refractivity contribution in [1.29, 1.82) is 0 Å². The first-order valence-corrected chi connectivity index (χ1v) is 12.0. The number of benzene rings is 2. The van der Waals surface area contributed by atoms with Crippen molar-refractivity contribution < 1.29 is 14.3 Å². The van der Waals surface area contributed by atoms with Crippen LogP contribution in [0.4, 0.5) is 0 Å². The monoisotopic (exact) mass is 473 g/mol. The molecule has 0 atom stereocenters. The van der Waals surface area contributed by atoms with Gasteiger partial charge in [0.15, 0.2) is 8.29 Å². The van der Waals surface area contributed by atoms with Gasteiger partial charge in [0.1, 0.15) is 0 Å². The first kappa shape index (κ1) is 23.2. The summed E-state index contributed by atoms with van der Waals surface area (Å²) in [4.78, 5) is 23.8. The Morgan fingerprint density at radius 3 is 2.55 bits per heavy atom. The van der Waals surface area contributed by atoms with Gasteiger partial charge in [-0.25, -0.2) is 4.68 Å². The van der Waals surface area contributed by atoms with Gasteiger partial charge in [0.2, 0.25) is 0 Å².